The number of ether oxygens (including phenoxy) is 1. The van der Waals surface area contributed by atoms with Crippen molar-refractivity contribution < 1.29 is 19.2 Å². The molecule has 0 saturated carbocycles. The molecular weight excluding hydrogens is 296 g/mol. The third kappa shape index (κ3) is 3.67. The van der Waals surface area contributed by atoms with Crippen LogP contribution in [-0.2, 0) is 16.2 Å². The molecule has 0 spiro atoms. The number of rotatable bonds is 5. The lowest BCUT2D eigenvalue weighted by Crippen LogP contribution is -2.25. The topological polar surface area (TPSA) is 67.9 Å². The highest BCUT2D eigenvalue weighted by atomic mass is 16.6. The summed E-state index contributed by atoms with van der Waals surface area (Å²) in [5.74, 6) is -0.337. The van der Waals surface area contributed by atoms with Crippen LogP contribution in [0.5, 0.6) is 0 Å². The summed E-state index contributed by atoms with van der Waals surface area (Å²) in [5, 5.41) is 0. The van der Waals surface area contributed by atoms with E-state index in [2.05, 4.69) is 5.48 Å². The van der Waals surface area contributed by atoms with Gasteiger partial charge in [-0.05, 0) is 29.8 Å². The number of carbonyl (C=O) groups is 2. The Hall–Kier alpha value is -2.86. The molecule has 0 atom stereocenters. The Morgan fingerprint density at radius 1 is 1.13 bits per heavy atom. The fourth-order valence-corrected chi connectivity index (χ4v) is 2.24. The first-order valence-electron chi connectivity index (χ1n) is 7.24. The molecule has 1 fully saturated rings. The Kier molecular flexibility index (Phi) is 4.54. The molecule has 0 unspecified atom stereocenters. The number of carbonyl (C=O) groups excluding carboxylic acids is 2. The van der Waals surface area contributed by atoms with Gasteiger partial charge < -0.3 is 4.74 Å². The van der Waals surface area contributed by atoms with Gasteiger partial charge in [0.25, 0.3) is 5.91 Å². The third-order valence-corrected chi connectivity index (χ3v) is 3.45. The fourth-order valence-electron chi connectivity index (χ4n) is 2.24. The van der Waals surface area contributed by atoms with Crippen LogP contribution in [0.3, 0.4) is 0 Å². The van der Waals surface area contributed by atoms with E-state index in [1.165, 1.54) is 4.90 Å². The van der Waals surface area contributed by atoms with Gasteiger partial charge in [0.05, 0.1) is 13.2 Å². The zero-order chi connectivity index (χ0) is 16.1. The predicted octanol–water partition coefficient (Wildman–Crippen LogP) is 2.50. The fraction of sp³-hybridized carbons (Fsp3) is 0.176. The number of nitrogens with zero attached hydrogens (tertiary/aromatic N) is 1. The van der Waals surface area contributed by atoms with Crippen molar-refractivity contribution in [2.75, 3.05) is 18.1 Å². The molecule has 1 saturated heterocycles. The van der Waals surface area contributed by atoms with Crippen LogP contribution in [0.4, 0.5) is 10.5 Å². The summed E-state index contributed by atoms with van der Waals surface area (Å²) < 4.78 is 4.88. The van der Waals surface area contributed by atoms with E-state index in [9.17, 15) is 9.59 Å². The van der Waals surface area contributed by atoms with Gasteiger partial charge in [0.1, 0.15) is 6.61 Å². The van der Waals surface area contributed by atoms with Crippen LogP contribution in [0.25, 0.3) is 0 Å². The van der Waals surface area contributed by atoms with Crippen molar-refractivity contribution in [3.63, 3.8) is 0 Å². The van der Waals surface area contributed by atoms with E-state index in [0.717, 1.165) is 5.56 Å². The van der Waals surface area contributed by atoms with Crippen LogP contribution >= 0.6 is 0 Å². The minimum Gasteiger partial charge on any atom is -0.447 e. The molecule has 6 nitrogen and oxygen atoms in total. The maximum Gasteiger partial charge on any atom is 0.414 e. The van der Waals surface area contributed by atoms with Crippen LogP contribution < -0.4 is 10.4 Å². The minimum absolute atomic E-state index is 0.296. The van der Waals surface area contributed by atoms with Crippen LogP contribution in [0.2, 0.25) is 0 Å². The lowest BCUT2D eigenvalue weighted by Gasteiger charge is -2.13. The lowest BCUT2D eigenvalue weighted by molar-refractivity contribution is 0.0233. The molecule has 0 bridgehead atoms. The van der Waals surface area contributed by atoms with Crippen molar-refractivity contribution in [3.8, 4) is 0 Å². The molecule has 1 heterocycles. The highest BCUT2D eigenvalue weighted by Crippen LogP contribution is 2.19. The molecule has 2 aromatic rings. The number of hydrogen-bond acceptors (Lipinski definition) is 4. The summed E-state index contributed by atoms with van der Waals surface area (Å²) in [5.41, 5.74) is 4.53. The zero-order valence-corrected chi connectivity index (χ0v) is 12.4. The average molecular weight is 312 g/mol. The monoisotopic (exact) mass is 312 g/mol. The highest BCUT2D eigenvalue weighted by Gasteiger charge is 2.23. The molecule has 1 aliphatic rings. The van der Waals surface area contributed by atoms with Gasteiger partial charge in [-0.25, -0.2) is 10.3 Å². The highest BCUT2D eigenvalue weighted by molar-refractivity contribution is 5.95. The van der Waals surface area contributed by atoms with E-state index in [-0.39, 0.29) is 12.0 Å². The second kappa shape index (κ2) is 6.93. The Morgan fingerprint density at radius 2 is 1.87 bits per heavy atom. The van der Waals surface area contributed by atoms with Crippen molar-refractivity contribution in [1.82, 2.24) is 5.48 Å². The largest absolute Gasteiger partial charge is 0.447 e. The van der Waals surface area contributed by atoms with Gasteiger partial charge in [0.2, 0.25) is 0 Å². The molecule has 1 aliphatic heterocycles. The van der Waals surface area contributed by atoms with Gasteiger partial charge in [-0.1, -0.05) is 30.3 Å². The second-order valence-electron chi connectivity index (χ2n) is 5.02. The van der Waals surface area contributed by atoms with E-state index in [1.807, 2.05) is 30.3 Å². The Labute approximate surface area is 133 Å². The number of amides is 2. The average Bonchev–Trinajstić information content (AvgIpc) is 3.02. The van der Waals surface area contributed by atoms with E-state index < -0.39 is 0 Å². The third-order valence-electron chi connectivity index (χ3n) is 3.45. The maximum atomic E-state index is 12.0. The zero-order valence-electron chi connectivity index (χ0n) is 12.4. The van der Waals surface area contributed by atoms with Crippen LogP contribution in [-0.4, -0.2) is 25.2 Å². The predicted molar refractivity (Wildman–Crippen MR) is 83.8 cm³/mol. The van der Waals surface area contributed by atoms with E-state index in [0.29, 0.717) is 31.0 Å². The van der Waals surface area contributed by atoms with Gasteiger partial charge in [0.15, 0.2) is 0 Å². The second-order valence-corrected chi connectivity index (χ2v) is 5.02. The number of benzene rings is 2. The summed E-state index contributed by atoms with van der Waals surface area (Å²) in [6.45, 7) is 1.20. The number of nitrogens with one attached hydrogen (secondary N) is 1. The van der Waals surface area contributed by atoms with Crippen molar-refractivity contribution in [3.05, 3.63) is 65.7 Å². The van der Waals surface area contributed by atoms with Gasteiger partial charge in [-0.3, -0.25) is 14.5 Å². The molecule has 2 amide bonds. The van der Waals surface area contributed by atoms with Crippen molar-refractivity contribution in [2.24, 2.45) is 0 Å². The molecule has 0 radical (unpaired) electrons. The van der Waals surface area contributed by atoms with E-state index in [1.54, 1.807) is 24.3 Å². The molecule has 1 N–H and O–H groups in total. The number of anilines is 1. The molecule has 2 aromatic carbocycles. The first-order valence-corrected chi connectivity index (χ1v) is 7.24. The van der Waals surface area contributed by atoms with Gasteiger partial charge in [0, 0.05) is 11.3 Å². The first-order chi connectivity index (χ1) is 11.2. The van der Waals surface area contributed by atoms with Crippen LogP contribution in [0, 0.1) is 0 Å². The summed E-state index contributed by atoms with van der Waals surface area (Å²) in [7, 11) is 0. The summed E-state index contributed by atoms with van der Waals surface area (Å²) >= 11 is 0. The molecular formula is C17H16N2O4. The molecule has 23 heavy (non-hydrogen) atoms. The SMILES string of the molecule is O=C(NOCc1ccccc1)c1ccc(N2CCOC2=O)cc1. The Bertz CT molecular complexity index is 685. The van der Waals surface area contributed by atoms with Gasteiger partial charge >= 0.3 is 6.09 Å². The number of hydrogen-bond donors (Lipinski definition) is 1. The lowest BCUT2D eigenvalue weighted by atomic mass is 10.2. The standard InChI is InChI=1S/C17H16N2O4/c20-16(18-23-12-13-4-2-1-3-5-13)14-6-8-15(9-7-14)19-10-11-22-17(19)21/h1-9H,10-12H2,(H,18,20). The number of cyclic esters (lactones) is 1. The van der Waals surface area contributed by atoms with Crippen LogP contribution in [0.1, 0.15) is 15.9 Å². The van der Waals surface area contributed by atoms with E-state index >= 15 is 0 Å². The summed E-state index contributed by atoms with van der Waals surface area (Å²) in [6, 6.07) is 16.2. The summed E-state index contributed by atoms with van der Waals surface area (Å²) in [4.78, 5) is 30.2. The van der Waals surface area contributed by atoms with Crippen molar-refractivity contribution in [1.29, 1.82) is 0 Å². The smallest absolute Gasteiger partial charge is 0.414 e. The minimum atomic E-state index is -0.367. The molecule has 3 rings (SSSR count). The van der Waals surface area contributed by atoms with E-state index in [4.69, 9.17) is 9.57 Å². The van der Waals surface area contributed by atoms with Crippen molar-refractivity contribution in [2.45, 2.75) is 6.61 Å². The van der Waals surface area contributed by atoms with Gasteiger partial charge in [-0.15, -0.1) is 0 Å². The quantitative estimate of drug-likeness (QED) is 0.861. The molecule has 0 aliphatic carbocycles. The Morgan fingerprint density at radius 3 is 2.52 bits per heavy atom. The molecule has 0 aromatic heterocycles. The molecule has 6 heteroatoms. The van der Waals surface area contributed by atoms with Crippen molar-refractivity contribution >= 4 is 17.7 Å². The maximum absolute atomic E-state index is 12.0. The number of hydroxylamine groups is 1. The molecule has 118 valence electrons. The first kappa shape index (κ1) is 15.1. The summed E-state index contributed by atoms with van der Waals surface area (Å²) in [6.07, 6.45) is -0.367. The normalized spacial score (nSPS) is 13.7. The Balaban J connectivity index is 1.54. The van der Waals surface area contributed by atoms with Gasteiger partial charge in [-0.2, -0.15) is 0 Å². The van der Waals surface area contributed by atoms with Crippen LogP contribution in [0.15, 0.2) is 54.6 Å².